The lowest BCUT2D eigenvalue weighted by Gasteiger charge is -2.16. The van der Waals surface area contributed by atoms with Crippen LogP contribution in [0.1, 0.15) is 13.3 Å². The van der Waals surface area contributed by atoms with Gasteiger partial charge in [0.25, 0.3) is 5.91 Å². The number of imide groups is 1. The Bertz CT molecular complexity index is 525. The molecule has 1 aromatic rings. The number of rotatable bonds is 3. The Morgan fingerprint density at radius 3 is 2.32 bits per heavy atom. The van der Waals surface area contributed by atoms with Gasteiger partial charge < -0.3 is 5.32 Å². The molecule has 4 nitrogen and oxygen atoms in total. The van der Waals surface area contributed by atoms with Gasteiger partial charge in [-0.2, -0.15) is 0 Å². The molecule has 0 radical (unpaired) electrons. The monoisotopic (exact) mass is 452 g/mol. The standard InChI is InChI=1S/C12H11Br3N2O2/c1-2-17-10(18)5-9(12(17)19)16-11-7(14)3-6(13)4-8(11)15/h3-4,9,16H,2,5H2,1H3. The van der Waals surface area contributed by atoms with E-state index >= 15 is 0 Å². The van der Waals surface area contributed by atoms with Gasteiger partial charge in [0.05, 0.1) is 12.1 Å². The van der Waals surface area contributed by atoms with Crippen LogP contribution in [-0.4, -0.2) is 29.3 Å². The summed E-state index contributed by atoms with van der Waals surface area (Å²) in [5.74, 6) is -0.302. The van der Waals surface area contributed by atoms with Gasteiger partial charge in [-0.25, -0.2) is 0 Å². The van der Waals surface area contributed by atoms with E-state index in [9.17, 15) is 9.59 Å². The molecule has 0 saturated carbocycles. The Labute approximate surface area is 136 Å². The molecule has 2 rings (SSSR count). The summed E-state index contributed by atoms with van der Waals surface area (Å²) < 4.78 is 2.56. The molecule has 1 aliphatic heterocycles. The van der Waals surface area contributed by atoms with Crippen molar-refractivity contribution in [2.24, 2.45) is 0 Å². The Hall–Kier alpha value is -0.400. The van der Waals surface area contributed by atoms with Crippen molar-refractivity contribution >= 4 is 65.3 Å². The van der Waals surface area contributed by atoms with Crippen LogP contribution in [0.4, 0.5) is 5.69 Å². The van der Waals surface area contributed by atoms with Crippen molar-refractivity contribution in [3.8, 4) is 0 Å². The molecular formula is C12H11Br3N2O2. The number of carbonyl (C=O) groups excluding carboxylic acids is 2. The molecule has 0 aromatic heterocycles. The van der Waals surface area contributed by atoms with Crippen molar-refractivity contribution in [2.75, 3.05) is 11.9 Å². The highest BCUT2D eigenvalue weighted by Gasteiger charge is 2.37. The predicted octanol–water partition coefficient (Wildman–Crippen LogP) is 3.53. The lowest BCUT2D eigenvalue weighted by atomic mass is 10.2. The average Bonchev–Trinajstić information content (AvgIpc) is 2.58. The topological polar surface area (TPSA) is 49.4 Å². The fraction of sp³-hybridized carbons (Fsp3) is 0.333. The minimum Gasteiger partial charge on any atom is -0.371 e. The van der Waals surface area contributed by atoms with E-state index in [0.29, 0.717) is 6.54 Å². The first-order valence-corrected chi connectivity index (χ1v) is 8.07. The van der Waals surface area contributed by atoms with Gasteiger partial charge in [-0.1, -0.05) is 15.9 Å². The second-order valence-electron chi connectivity index (χ2n) is 4.12. The molecule has 1 saturated heterocycles. The molecule has 1 unspecified atom stereocenters. The Kier molecular flexibility index (Phi) is 4.68. The number of nitrogens with one attached hydrogen (secondary N) is 1. The molecular weight excluding hydrogens is 444 g/mol. The number of benzene rings is 1. The van der Waals surface area contributed by atoms with Crippen molar-refractivity contribution in [3.63, 3.8) is 0 Å². The average molecular weight is 455 g/mol. The van der Waals surface area contributed by atoms with Crippen LogP contribution in [0.5, 0.6) is 0 Å². The molecule has 1 aromatic carbocycles. The van der Waals surface area contributed by atoms with Crippen molar-refractivity contribution in [2.45, 2.75) is 19.4 Å². The summed E-state index contributed by atoms with van der Waals surface area (Å²) in [6, 6.07) is 3.26. The minimum atomic E-state index is -0.499. The number of likely N-dealkylation sites (tertiary alicyclic amines) is 1. The predicted molar refractivity (Wildman–Crippen MR) is 84.0 cm³/mol. The first-order valence-electron chi connectivity index (χ1n) is 5.69. The highest BCUT2D eigenvalue weighted by atomic mass is 79.9. The smallest absolute Gasteiger partial charge is 0.252 e. The van der Waals surface area contributed by atoms with Crippen molar-refractivity contribution in [1.82, 2.24) is 4.90 Å². The molecule has 1 aliphatic rings. The van der Waals surface area contributed by atoms with Crippen LogP contribution in [-0.2, 0) is 9.59 Å². The van der Waals surface area contributed by atoms with Gasteiger partial charge in [0.15, 0.2) is 0 Å². The lowest BCUT2D eigenvalue weighted by molar-refractivity contribution is -0.138. The maximum atomic E-state index is 12.0. The second-order valence-corrected chi connectivity index (χ2v) is 6.75. The van der Waals surface area contributed by atoms with Crippen LogP contribution in [0.3, 0.4) is 0 Å². The van der Waals surface area contributed by atoms with Gasteiger partial charge in [0.1, 0.15) is 6.04 Å². The largest absolute Gasteiger partial charge is 0.371 e. The number of likely N-dealkylation sites (N-methyl/N-ethyl adjacent to an activating group) is 1. The number of hydrogen-bond donors (Lipinski definition) is 1. The molecule has 1 fully saturated rings. The summed E-state index contributed by atoms with van der Waals surface area (Å²) >= 11 is 10.3. The van der Waals surface area contributed by atoms with Crippen molar-refractivity contribution < 1.29 is 9.59 Å². The fourth-order valence-corrected chi connectivity index (χ4v) is 4.47. The number of halogens is 3. The SMILES string of the molecule is CCN1C(=O)CC(Nc2c(Br)cc(Br)cc2Br)C1=O. The minimum absolute atomic E-state index is 0.130. The molecule has 19 heavy (non-hydrogen) atoms. The molecule has 102 valence electrons. The highest BCUT2D eigenvalue weighted by Crippen LogP contribution is 2.35. The molecule has 0 bridgehead atoms. The number of carbonyl (C=O) groups is 2. The maximum absolute atomic E-state index is 12.0. The summed E-state index contributed by atoms with van der Waals surface area (Å²) in [7, 11) is 0. The summed E-state index contributed by atoms with van der Waals surface area (Å²) in [6.07, 6.45) is 0.196. The lowest BCUT2D eigenvalue weighted by Crippen LogP contribution is -2.34. The van der Waals surface area contributed by atoms with Gasteiger partial charge in [0, 0.05) is 20.0 Å². The summed E-state index contributed by atoms with van der Waals surface area (Å²) in [5, 5.41) is 3.12. The van der Waals surface area contributed by atoms with Crippen LogP contribution >= 0.6 is 47.8 Å². The zero-order chi connectivity index (χ0) is 14.2. The van der Waals surface area contributed by atoms with Crippen LogP contribution in [0.25, 0.3) is 0 Å². The van der Waals surface area contributed by atoms with Gasteiger partial charge in [-0.15, -0.1) is 0 Å². The van der Waals surface area contributed by atoms with E-state index in [1.165, 1.54) is 4.90 Å². The van der Waals surface area contributed by atoms with Crippen LogP contribution in [0.15, 0.2) is 25.6 Å². The quantitative estimate of drug-likeness (QED) is 0.711. The zero-order valence-corrected chi connectivity index (χ0v) is 14.8. The van der Waals surface area contributed by atoms with Gasteiger partial charge in [-0.3, -0.25) is 14.5 Å². The number of nitrogens with zero attached hydrogens (tertiary/aromatic N) is 1. The number of amides is 2. The third-order valence-electron chi connectivity index (χ3n) is 2.89. The molecule has 7 heteroatoms. The van der Waals surface area contributed by atoms with E-state index < -0.39 is 6.04 Å². The van der Waals surface area contributed by atoms with Crippen LogP contribution < -0.4 is 5.32 Å². The van der Waals surface area contributed by atoms with Crippen molar-refractivity contribution in [1.29, 1.82) is 0 Å². The second kappa shape index (κ2) is 5.93. The summed E-state index contributed by atoms with van der Waals surface area (Å²) in [6.45, 7) is 2.21. The molecule has 2 amide bonds. The van der Waals surface area contributed by atoms with Crippen LogP contribution in [0.2, 0.25) is 0 Å². The molecule has 1 heterocycles. The highest BCUT2D eigenvalue weighted by molar-refractivity contribution is 9.11. The van der Waals surface area contributed by atoms with E-state index in [0.717, 1.165) is 19.1 Å². The normalized spacial score (nSPS) is 19.2. The Balaban J connectivity index is 2.24. The molecule has 0 aliphatic carbocycles. The number of hydrogen-bond acceptors (Lipinski definition) is 3. The summed E-state index contributed by atoms with van der Waals surface area (Å²) in [5.41, 5.74) is 0.771. The molecule has 0 spiro atoms. The summed E-state index contributed by atoms with van der Waals surface area (Å²) in [4.78, 5) is 25.0. The van der Waals surface area contributed by atoms with Gasteiger partial charge >= 0.3 is 0 Å². The van der Waals surface area contributed by atoms with E-state index in [4.69, 9.17) is 0 Å². The Morgan fingerprint density at radius 2 is 1.84 bits per heavy atom. The van der Waals surface area contributed by atoms with E-state index in [-0.39, 0.29) is 18.2 Å². The Morgan fingerprint density at radius 1 is 1.26 bits per heavy atom. The van der Waals surface area contributed by atoms with Crippen LogP contribution in [0, 0.1) is 0 Å². The molecule has 1 N–H and O–H groups in total. The first-order chi connectivity index (χ1) is 8.93. The maximum Gasteiger partial charge on any atom is 0.252 e. The van der Waals surface area contributed by atoms with Gasteiger partial charge in [0.2, 0.25) is 5.91 Å². The molecule has 1 atom stereocenters. The van der Waals surface area contributed by atoms with E-state index in [2.05, 4.69) is 53.1 Å². The van der Waals surface area contributed by atoms with Crippen molar-refractivity contribution in [3.05, 3.63) is 25.6 Å². The third kappa shape index (κ3) is 3.03. The third-order valence-corrected chi connectivity index (χ3v) is 4.59. The van der Waals surface area contributed by atoms with E-state index in [1.54, 1.807) is 6.92 Å². The zero-order valence-electron chi connectivity index (χ0n) is 10.0. The fourth-order valence-electron chi connectivity index (χ4n) is 1.98. The van der Waals surface area contributed by atoms with Gasteiger partial charge in [-0.05, 0) is 50.9 Å². The first kappa shape index (κ1) is 15.0. The van der Waals surface area contributed by atoms with E-state index in [1.807, 2.05) is 12.1 Å². The number of anilines is 1.